The number of fused-ring (bicyclic) bond motifs is 1. The van der Waals surface area contributed by atoms with Gasteiger partial charge >= 0.3 is 17.5 Å². The van der Waals surface area contributed by atoms with E-state index < -0.39 is 28.9 Å². The van der Waals surface area contributed by atoms with Gasteiger partial charge in [0.25, 0.3) is 0 Å². The molecule has 0 bridgehead atoms. The van der Waals surface area contributed by atoms with E-state index in [1.807, 2.05) is 7.05 Å². The van der Waals surface area contributed by atoms with Gasteiger partial charge in [-0.25, -0.2) is 14.2 Å². The van der Waals surface area contributed by atoms with Gasteiger partial charge in [-0.15, -0.1) is 0 Å². The maximum absolute atomic E-state index is 12.7. The number of methoxy groups -OCH3 is 1. The number of imidazole rings is 1. The van der Waals surface area contributed by atoms with Crippen LogP contribution in [-0.2, 0) is 20.9 Å². The second-order valence-corrected chi connectivity index (χ2v) is 6.46. The highest BCUT2D eigenvalue weighted by Gasteiger charge is 2.25. The molecule has 1 aliphatic heterocycles. The van der Waals surface area contributed by atoms with Crippen LogP contribution in [0.15, 0.2) is 17.2 Å². The zero-order valence-electron chi connectivity index (χ0n) is 15.9. The molecule has 0 atom stereocenters. The minimum Gasteiger partial charge on any atom is -0.464 e. The van der Waals surface area contributed by atoms with Crippen LogP contribution in [0.1, 0.15) is 17.4 Å². The maximum Gasteiger partial charge on any atom is 0.360 e. The highest BCUT2D eigenvalue weighted by Crippen LogP contribution is 2.15. The lowest BCUT2D eigenvalue weighted by atomic mass is 10.3. The van der Waals surface area contributed by atoms with E-state index in [0.29, 0.717) is 13.1 Å². The van der Waals surface area contributed by atoms with Crippen LogP contribution in [-0.4, -0.2) is 81.9 Å². The quantitative estimate of drug-likeness (QED) is 0.609. The monoisotopic (exact) mass is 391 g/mol. The number of carbonyl (C=O) groups excluding carboxylic acids is 3. The lowest BCUT2D eigenvalue weighted by molar-refractivity contribution is -0.133. The molecule has 0 radical (unpaired) electrons. The largest absolute Gasteiger partial charge is 0.464 e. The Balaban J connectivity index is 1.98. The van der Waals surface area contributed by atoms with Gasteiger partial charge < -0.3 is 23.8 Å². The number of aromatic nitrogens is 3. The minimum absolute atomic E-state index is 0.0415. The standard InChI is InChI=1S/C17H21N5O6/c1-11(23)28-14-13(16(26)27-3)18-17-21(8-9-22(17)15(14)25)10-12(24)20-6-4-19(2)5-7-20/h8-9H,4-7,10H2,1-3H3. The molecule has 150 valence electrons. The molecule has 28 heavy (non-hydrogen) atoms. The number of esters is 2. The first-order valence-electron chi connectivity index (χ1n) is 8.66. The van der Waals surface area contributed by atoms with Crippen molar-refractivity contribution < 1.29 is 23.9 Å². The summed E-state index contributed by atoms with van der Waals surface area (Å²) in [5.74, 6) is -2.25. The Hall–Kier alpha value is -3.21. The summed E-state index contributed by atoms with van der Waals surface area (Å²) in [6, 6.07) is 0. The van der Waals surface area contributed by atoms with Crippen molar-refractivity contribution >= 4 is 23.6 Å². The number of nitrogens with zero attached hydrogens (tertiary/aromatic N) is 5. The summed E-state index contributed by atoms with van der Waals surface area (Å²) in [6.45, 7) is 3.87. The van der Waals surface area contributed by atoms with Crippen molar-refractivity contribution in [3.63, 3.8) is 0 Å². The van der Waals surface area contributed by atoms with E-state index >= 15 is 0 Å². The van der Waals surface area contributed by atoms with Crippen LogP contribution in [0.5, 0.6) is 5.75 Å². The van der Waals surface area contributed by atoms with Crippen LogP contribution in [0.3, 0.4) is 0 Å². The van der Waals surface area contributed by atoms with Crippen molar-refractivity contribution in [3.8, 4) is 5.75 Å². The maximum atomic E-state index is 12.7. The van der Waals surface area contributed by atoms with E-state index in [1.54, 1.807) is 4.90 Å². The molecule has 3 heterocycles. The van der Waals surface area contributed by atoms with Crippen molar-refractivity contribution in [1.82, 2.24) is 23.8 Å². The normalized spacial score (nSPS) is 14.9. The fraction of sp³-hybridized carbons (Fsp3) is 0.471. The third-order valence-electron chi connectivity index (χ3n) is 4.49. The van der Waals surface area contributed by atoms with Crippen LogP contribution in [0.4, 0.5) is 0 Å². The van der Waals surface area contributed by atoms with Gasteiger partial charge in [0.15, 0.2) is 0 Å². The molecule has 11 heteroatoms. The van der Waals surface area contributed by atoms with Crippen molar-refractivity contribution in [2.75, 3.05) is 40.3 Å². The third-order valence-corrected chi connectivity index (χ3v) is 4.49. The number of hydrogen-bond acceptors (Lipinski definition) is 8. The molecule has 2 aromatic heterocycles. The first-order valence-corrected chi connectivity index (χ1v) is 8.66. The summed E-state index contributed by atoms with van der Waals surface area (Å²) in [5, 5.41) is 0. The van der Waals surface area contributed by atoms with Crippen molar-refractivity contribution in [2.45, 2.75) is 13.5 Å². The topological polar surface area (TPSA) is 115 Å². The number of rotatable bonds is 4. The Morgan fingerprint density at radius 1 is 1.14 bits per heavy atom. The van der Waals surface area contributed by atoms with Crippen LogP contribution >= 0.6 is 0 Å². The average molecular weight is 391 g/mol. The van der Waals surface area contributed by atoms with Gasteiger partial charge in [0.2, 0.25) is 23.1 Å². The summed E-state index contributed by atoms with van der Waals surface area (Å²) in [6.07, 6.45) is 2.91. The summed E-state index contributed by atoms with van der Waals surface area (Å²) in [5.41, 5.74) is -1.17. The Morgan fingerprint density at radius 3 is 2.43 bits per heavy atom. The van der Waals surface area contributed by atoms with Crippen LogP contribution < -0.4 is 10.3 Å². The first kappa shape index (κ1) is 19.5. The molecule has 0 aromatic carbocycles. The van der Waals surface area contributed by atoms with Gasteiger partial charge in [0.1, 0.15) is 6.54 Å². The number of likely N-dealkylation sites (N-methyl/N-ethyl adjacent to an activating group) is 1. The van der Waals surface area contributed by atoms with E-state index in [2.05, 4.69) is 14.6 Å². The Kier molecular flexibility index (Phi) is 5.45. The molecule has 11 nitrogen and oxygen atoms in total. The van der Waals surface area contributed by atoms with Gasteiger partial charge in [0, 0.05) is 45.5 Å². The van der Waals surface area contributed by atoms with E-state index in [9.17, 15) is 19.2 Å². The zero-order chi connectivity index (χ0) is 20.4. The summed E-state index contributed by atoms with van der Waals surface area (Å²) in [4.78, 5) is 56.6. The zero-order valence-corrected chi connectivity index (χ0v) is 15.9. The minimum atomic E-state index is -0.922. The summed E-state index contributed by atoms with van der Waals surface area (Å²) < 4.78 is 12.1. The van der Waals surface area contributed by atoms with Gasteiger partial charge in [0.05, 0.1) is 7.11 Å². The molecule has 1 fully saturated rings. The lowest BCUT2D eigenvalue weighted by Gasteiger charge is -2.32. The number of hydrogen-bond donors (Lipinski definition) is 0. The van der Waals surface area contributed by atoms with Gasteiger partial charge in [-0.1, -0.05) is 0 Å². The molecule has 0 N–H and O–H groups in total. The number of piperazine rings is 1. The highest BCUT2D eigenvalue weighted by atomic mass is 16.5. The molecule has 1 amide bonds. The molecule has 0 saturated carbocycles. The SMILES string of the molecule is COC(=O)c1nc2n(CC(=O)N3CCN(C)CC3)ccn2c(=O)c1OC(C)=O. The Labute approximate surface area is 160 Å². The summed E-state index contributed by atoms with van der Waals surface area (Å²) in [7, 11) is 3.12. The molecular formula is C17H21N5O6. The number of ether oxygens (including phenoxy) is 2. The van der Waals surface area contributed by atoms with Gasteiger partial charge in [-0.3, -0.25) is 14.4 Å². The molecule has 0 unspecified atom stereocenters. The second kappa shape index (κ2) is 7.80. The van der Waals surface area contributed by atoms with E-state index in [0.717, 1.165) is 31.5 Å². The van der Waals surface area contributed by atoms with Crippen LogP contribution in [0.25, 0.3) is 5.78 Å². The molecule has 1 aliphatic rings. The second-order valence-electron chi connectivity index (χ2n) is 6.46. The van der Waals surface area contributed by atoms with Crippen LogP contribution in [0, 0.1) is 0 Å². The van der Waals surface area contributed by atoms with Crippen LogP contribution in [0.2, 0.25) is 0 Å². The van der Waals surface area contributed by atoms with E-state index in [4.69, 9.17) is 4.74 Å². The Morgan fingerprint density at radius 2 is 1.82 bits per heavy atom. The van der Waals surface area contributed by atoms with Gasteiger partial charge in [-0.05, 0) is 7.05 Å². The molecule has 2 aromatic rings. The highest BCUT2D eigenvalue weighted by molar-refractivity contribution is 5.91. The molecule has 1 saturated heterocycles. The summed E-state index contributed by atoms with van der Waals surface area (Å²) >= 11 is 0. The molecule has 0 spiro atoms. The van der Waals surface area contributed by atoms with E-state index in [1.165, 1.54) is 17.0 Å². The van der Waals surface area contributed by atoms with Crippen molar-refractivity contribution in [2.24, 2.45) is 0 Å². The van der Waals surface area contributed by atoms with Gasteiger partial charge in [-0.2, -0.15) is 0 Å². The smallest absolute Gasteiger partial charge is 0.360 e. The predicted octanol–water partition coefficient (Wildman–Crippen LogP) is -1.02. The molecular weight excluding hydrogens is 370 g/mol. The van der Waals surface area contributed by atoms with E-state index in [-0.39, 0.29) is 18.2 Å². The number of carbonyl (C=O) groups is 3. The van der Waals surface area contributed by atoms with Crippen molar-refractivity contribution in [3.05, 3.63) is 28.4 Å². The first-order chi connectivity index (χ1) is 13.3. The average Bonchev–Trinajstić information content (AvgIpc) is 3.06. The van der Waals surface area contributed by atoms with Crippen molar-refractivity contribution in [1.29, 1.82) is 0 Å². The third kappa shape index (κ3) is 3.74. The molecule has 3 rings (SSSR count). The fourth-order valence-electron chi connectivity index (χ4n) is 2.95. The number of amides is 1. The predicted molar refractivity (Wildman–Crippen MR) is 96.2 cm³/mol. The molecule has 0 aliphatic carbocycles. The fourth-order valence-corrected chi connectivity index (χ4v) is 2.95. The Bertz CT molecular complexity index is 986. The lowest BCUT2D eigenvalue weighted by Crippen LogP contribution is -2.48.